The minimum absolute atomic E-state index is 0.158. The third-order valence-electron chi connectivity index (χ3n) is 10.2. The second kappa shape index (κ2) is 14.1. The number of likely N-dealkylation sites (tertiary alicyclic amines) is 1. The van der Waals surface area contributed by atoms with Crippen LogP contribution in [0.15, 0.2) is 42.9 Å². The molecule has 1 aromatic carbocycles. The van der Waals surface area contributed by atoms with Crippen molar-refractivity contribution in [3.63, 3.8) is 0 Å². The zero-order valence-corrected chi connectivity index (χ0v) is 29.2. The molecule has 4 aliphatic rings. The number of imidazole rings is 1. The maximum absolute atomic E-state index is 12.4. The Bertz CT molecular complexity index is 1580. The average molecular weight is 675 g/mol. The number of carbonyl (C=O) groups excluding carboxylic acids is 1. The molecule has 49 heavy (non-hydrogen) atoms. The number of methoxy groups -OCH3 is 1. The lowest BCUT2D eigenvalue weighted by Crippen LogP contribution is -2.53. The lowest BCUT2D eigenvalue weighted by atomic mass is 9.88. The van der Waals surface area contributed by atoms with Gasteiger partial charge in [0.1, 0.15) is 11.4 Å². The Morgan fingerprint density at radius 3 is 2.43 bits per heavy atom. The van der Waals surface area contributed by atoms with Gasteiger partial charge in [-0.05, 0) is 77.5 Å². The first-order chi connectivity index (χ1) is 23.6. The van der Waals surface area contributed by atoms with Gasteiger partial charge in [-0.15, -0.1) is 10.2 Å². The van der Waals surface area contributed by atoms with E-state index in [9.17, 15) is 4.79 Å². The van der Waals surface area contributed by atoms with Gasteiger partial charge in [-0.25, -0.2) is 9.78 Å². The van der Waals surface area contributed by atoms with Gasteiger partial charge in [0, 0.05) is 69.7 Å². The van der Waals surface area contributed by atoms with Crippen molar-refractivity contribution in [3.8, 4) is 17.0 Å². The van der Waals surface area contributed by atoms with Crippen LogP contribution in [-0.2, 0) is 20.8 Å². The quantitative estimate of drug-likeness (QED) is 0.295. The molecule has 1 aliphatic carbocycles. The molecular weight excluding hydrogens is 624 g/mol. The number of aromatic nitrogens is 4. The predicted octanol–water partition coefficient (Wildman–Crippen LogP) is 4.88. The average Bonchev–Trinajstić information content (AvgIpc) is 3.60. The first-order valence-corrected chi connectivity index (χ1v) is 17.6. The van der Waals surface area contributed by atoms with Gasteiger partial charge in [-0.2, -0.15) is 0 Å². The van der Waals surface area contributed by atoms with Gasteiger partial charge in [0.05, 0.1) is 35.6 Å². The van der Waals surface area contributed by atoms with Gasteiger partial charge in [-0.1, -0.05) is 12.1 Å². The third kappa shape index (κ3) is 7.63. The molecule has 3 aromatic rings. The van der Waals surface area contributed by atoms with Crippen molar-refractivity contribution >= 4 is 17.6 Å². The molecule has 2 atom stereocenters. The lowest BCUT2D eigenvalue weighted by Gasteiger charge is -2.42. The van der Waals surface area contributed by atoms with E-state index in [0.717, 1.165) is 80.8 Å². The standard InChI is InChI=1S/C36H50N8O5/c1-36(2,3)49-35(45)41-13-11-28(12-14-41)48-29-15-27(16-29)43-18-24(38-22-43)19-44-25-9-10-26(44)21-42(20-25)32-17-31(39-40-34(32)37)30-7-5-6-8-33(30)47-23-46-4/h5-8,17-18,22,25-29H,9-16,19-21,23H2,1-4H3,(H2,37,40)/t25-,26-,27?,29?/m1/s1. The number of nitrogen functional groups attached to an aromatic ring is 1. The number of nitrogens with zero attached hydrogens (tertiary/aromatic N) is 7. The molecule has 3 aliphatic heterocycles. The van der Waals surface area contributed by atoms with Gasteiger partial charge in [0.25, 0.3) is 0 Å². The normalized spacial score (nSPS) is 24.6. The number of para-hydroxylation sites is 1. The largest absolute Gasteiger partial charge is 0.467 e. The van der Waals surface area contributed by atoms with Crippen LogP contribution in [-0.4, -0.2) is 106 Å². The van der Waals surface area contributed by atoms with Crippen LogP contribution >= 0.6 is 0 Å². The van der Waals surface area contributed by atoms with E-state index < -0.39 is 5.60 Å². The highest BCUT2D eigenvalue weighted by Crippen LogP contribution is 2.39. The summed E-state index contributed by atoms with van der Waals surface area (Å²) in [5.41, 5.74) is 9.56. The van der Waals surface area contributed by atoms with E-state index >= 15 is 0 Å². The smallest absolute Gasteiger partial charge is 0.410 e. The highest BCUT2D eigenvalue weighted by molar-refractivity contribution is 5.74. The van der Waals surface area contributed by atoms with Crippen molar-refractivity contribution in [1.29, 1.82) is 0 Å². The fourth-order valence-electron chi connectivity index (χ4n) is 7.66. The van der Waals surface area contributed by atoms with E-state index in [2.05, 4.69) is 30.8 Å². The van der Waals surface area contributed by atoms with E-state index in [1.165, 1.54) is 0 Å². The maximum Gasteiger partial charge on any atom is 0.410 e. The zero-order chi connectivity index (χ0) is 34.1. The molecule has 2 N–H and O–H groups in total. The molecule has 0 radical (unpaired) electrons. The molecule has 1 amide bonds. The second-order valence-corrected chi connectivity index (χ2v) is 14.9. The Kier molecular flexibility index (Phi) is 9.67. The van der Waals surface area contributed by atoms with Gasteiger partial charge < -0.3 is 39.0 Å². The number of hydrogen-bond acceptors (Lipinski definition) is 11. The molecule has 1 saturated carbocycles. The molecule has 4 fully saturated rings. The number of fused-ring (bicyclic) bond motifs is 2. The molecule has 2 bridgehead atoms. The molecule has 13 heteroatoms. The SMILES string of the molecule is COCOc1ccccc1-c1cc(N2C[C@H]3CC[C@H](C2)N3Cc2cn(C3CC(OC4CCN(C(=O)OC(C)(C)C)CC4)C3)cn2)c(N)nn1. The van der Waals surface area contributed by atoms with E-state index in [0.29, 0.717) is 42.8 Å². The van der Waals surface area contributed by atoms with Crippen LogP contribution in [0.25, 0.3) is 11.3 Å². The molecule has 0 unspecified atom stereocenters. The van der Waals surface area contributed by atoms with Gasteiger partial charge >= 0.3 is 6.09 Å². The predicted molar refractivity (Wildman–Crippen MR) is 185 cm³/mol. The summed E-state index contributed by atoms with van der Waals surface area (Å²) >= 11 is 0. The molecular formula is C36H50N8O5. The van der Waals surface area contributed by atoms with Crippen LogP contribution in [0.5, 0.6) is 5.75 Å². The van der Waals surface area contributed by atoms with Crippen molar-refractivity contribution in [2.45, 2.75) is 102 Å². The molecule has 7 rings (SSSR count). The van der Waals surface area contributed by atoms with E-state index in [1.54, 1.807) is 12.0 Å². The van der Waals surface area contributed by atoms with Crippen LogP contribution in [0.1, 0.15) is 71.0 Å². The first kappa shape index (κ1) is 33.6. The summed E-state index contributed by atoms with van der Waals surface area (Å²) in [4.78, 5) is 24.0. The Labute approximate surface area is 288 Å². The van der Waals surface area contributed by atoms with E-state index in [4.69, 9.17) is 29.7 Å². The highest BCUT2D eigenvalue weighted by atomic mass is 16.7. The minimum Gasteiger partial charge on any atom is -0.467 e. The number of carbonyl (C=O) groups is 1. The van der Waals surface area contributed by atoms with Crippen LogP contribution < -0.4 is 15.4 Å². The number of benzene rings is 1. The monoisotopic (exact) mass is 674 g/mol. The number of piperazine rings is 1. The van der Waals surface area contributed by atoms with Crippen molar-refractivity contribution in [1.82, 2.24) is 29.5 Å². The number of piperidine rings is 1. The second-order valence-electron chi connectivity index (χ2n) is 14.9. The highest BCUT2D eigenvalue weighted by Gasteiger charge is 2.41. The summed E-state index contributed by atoms with van der Waals surface area (Å²) in [6, 6.07) is 11.1. The Morgan fingerprint density at radius 1 is 0.980 bits per heavy atom. The number of rotatable bonds is 10. The van der Waals surface area contributed by atoms with Crippen LogP contribution in [0.4, 0.5) is 16.3 Å². The molecule has 0 spiro atoms. The van der Waals surface area contributed by atoms with Crippen LogP contribution in [0.2, 0.25) is 0 Å². The van der Waals surface area contributed by atoms with Crippen molar-refractivity contribution in [2.75, 3.05) is 50.7 Å². The summed E-state index contributed by atoms with van der Waals surface area (Å²) in [5, 5.41) is 8.75. The van der Waals surface area contributed by atoms with E-state index in [1.807, 2.05) is 57.4 Å². The molecule has 2 aromatic heterocycles. The summed E-state index contributed by atoms with van der Waals surface area (Å²) in [7, 11) is 1.60. The van der Waals surface area contributed by atoms with Gasteiger partial charge in [0.2, 0.25) is 0 Å². The number of anilines is 2. The topological polar surface area (TPSA) is 133 Å². The zero-order valence-electron chi connectivity index (χ0n) is 29.2. The maximum atomic E-state index is 12.4. The third-order valence-corrected chi connectivity index (χ3v) is 10.2. The Morgan fingerprint density at radius 2 is 1.71 bits per heavy atom. The number of amides is 1. The van der Waals surface area contributed by atoms with E-state index in [-0.39, 0.29) is 25.1 Å². The molecule has 3 saturated heterocycles. The first-order valence-electron chi connectivity index (χ1n) is 17.6. The van der Waals surface area contributed by atoms with Gasteiger partial charge in [0.15, 0.2) is 12.6 Å². The summed E-state index contributed by atoms with van der Waals surface area (Å²) < 4.78 is 25.1. The number of hydrogen-bond donors (Lipinski definition) is 1. The number of nitrogens with two attached hydrogens (primary N) is 1. The van der Waals surface area contributed by atoms with Crippen molar-refractivity contribution < 1.29 is 23.7 Å². The molecule has 264 valence electrons. The minimum atomic E-state index is -0.471. The number of ether oxygens (including phenoxy) is 4. The van der Waals surface area contributed by atoms with Crippen LogP contribution in [0, 0.1) is 0 Å². The Balaban J connectivity index is 0.902. The van der Waals surface area contributed by atoms with Crippen molar-refractivity contribution in [3.05, 3.63) is 48.5 Å². The summed E-state index contributed by atoms with van der Waals surface area (Å²) in [6.07, 6.45) is 10.5. The van der Waals surface area contributed by atoms with Gasteiger partial charge in [-0.3, -0.25) is 4.90 Å². The molecule has 13 nitrogen and oxygen atoms in total. The summed E-state index contributed by atoms with van der Waals surface area (Å²) in [6.45, 7) is 9.84. The fraction of sp³-hybridized carbons (Fsp3) is 0.611. The van der Waals surface area contributed by atoms with Crippen molar-refractivity contribution in [2.24, 2.45) is 0 Å². The van der Waals surface area contributed by atoms with Crippen LogP contribution in [0.3, 0.4) is 0 Å². The fourth-order valence-corrected chi connectivity index (χ4v) is 7.66. The lowest BCUT2D eigenvalue weighted by molar-refractivity contribution is -0.0903. The summed E-state index contributed by atoms with van der Waals surface area (Å²) in [5.74, 6) is 1.14. The molecule has 5 heterocycles. The Hall–Kier alpha value is -3.94.